The Morgan fingerprint density at radius 1 is 1.21 bits per heavy atom. The molecule has 3 heterocycles. The van der Waals surface area contributed by atoms with Crippen LogP contribution in [0.3, 0.4) is 0 Å². The molecule has 10 nitrogen and oxygen atoms in total. The lowest BCUT2D eigenvalue weighted by molar-refractivity contribution is -0.128. The molecule has 2 amide bonds. The van der Waals surface area contributed by atoms with Crippen molar-refractivity contribution in [3.05, 3.63) is 60.6 Å². The largest absolute Gasteiger partial charge is 0.444 e. The van der Waals surface area contributed by atoms with Gasteiger partial charge >= 0.3 is 6.09 Å². The highest BCUT2D eigenvalue weighted by molar-refractivity contribution is 5.87. The van der Waals surface area contributed by atoms with Crippen LogP contribution in [0, 0.1) is 17.2 Å². The topological polar surface area (TPSA) is 126 Å². The standard InChI is InChI=1S/C28H31N7O3/c1-28(2,3)38-27(37)35-23-11-8-19(14-23)25(35)26(36)31-21(15-29)13-18-6-9-22(10-7-18)34-17-24(32-33-34)20-5-4-12-30-16-20/h4-7,9-10,12,16-17,19,21,23,25H,8,11,13-14H2,1-3H3,(H,31,36)/t19-,21-,23+,25-/m0/s1. The molecule has 2 fully saturated rings. The zero-order valence-electron chi connectivity index (χ0n) is 21.7. The molecule has 0 spiro atoms. The number of amides is 2. The molecule has 38 heavy (non-hydrogen) atoms. The van der Waals surface area contributed by atoms with E-state index >= 15 is 0 Å². The molecule has 1 aliphatic heterocycles. The average Bonchev–Trinajstić information content (AvgIpc) is 3.65. The zero-order chi connectivity index (χ0) is 26.9. The summed E-state index contributed by atoms with van der Waals surface area (Å²) in [6.45, 7) is 5.44. The van der Waals surface area contributed by atoms with Crippen molar-refractivity contribution in [2.75, 3.05) is 0 Å². The Balaban J connectivity index is 1.23. The molecule has 1 aliphatic carbocycles. The molecule has 1 saturated heterocycles. The van der Waals surface area contributed by atoms with Crippen molar-refractivity contribution < 1.29 is 14.3 Å². The van der Waals surface area contributed by atoms with Crippen molar-refractivity contribution in [3.63, 3.8) is 0 Å². The number of carbonyl (C=O) groups is 2. The second-order valence-electron chi connectivity index (χ2n) is 10.9. The molecule has 196 valence electrons. The zero-order valence-corrected chi connectivity index (χ0v) is 21.7. The highest BCUT2D eigenvalue weighted by Gasteiger charge is 2.52. The molecule has 0 unspecified atom stereocenters. The quantitative estimate of drug-likeness (QED) is 0.533. The number of fused-ring (bicyclic) bond motifs is 2. The van der Waals surface area contributed by atoms with Crippen molar-refractivity contribution in [1.29, 1.82) is 5.26 Å². The van der Waals surface area contributed by atoms with E-state index in [2.05, 4.69) is 26.7 Å². The molecule has 4 atom stereocenters. The minimum absolute atomic E-state index is 0.00846. The van der Waals surface area contributed by atoms with Crippen LogP contribution < -0.4 is 5.32 Å². The van der Waals surface area contributed by atoms with Crippen LogP contribution in [0.15, 0.2) is 55.0 Å². The van der Waals surface area contributed by atoms with E-state index in [9.17, 15) is 14.9 Å². The fraction of sp³-hybridized carbons (Fsp3) is 0.429. The van der Waals surface area contributed by atoms with E-state index < -0.39 is 23.8 Å². The van der Waals surface area contributed by atoms with E-state index in [4.69, 9.17) is 4.74 Å². The monoisotopic (exact) mass is 513 g/mol. The smallest absolute Gasteiger partial charge is 0.411 e. The van der Waals surface area contributed by atoms with Gasteiger partial charge in [0.2, 0.25) is 5.91 Å². The van der Waals surface area contributed by atoms with Gasteiger partial charge in [-0.15, -0.1) is 5.10 Å². The van der Waals surface area contributed by atoms with Crippen molar-refractivity contribution in [2.45, 2.75) is 70.2 Å². The molecular formula is C28H31N7O3. The van der Waals surface area contributed by atoms with Crippen LogP contribution in [0.5, 0.6) is 0 Å². The number of hydrogen-bond acceptors (Lipinski definition) is 7. The predicted molar refractivity (Wildman–Crippen MR) is 139 cm³/mol. The first kappa shape index (κ1) is 25.4. The highest BCUT2D eigenvalue weighted by Crippen LogP contribution is 2.43. The summed E-state index contributed by atoms with van der Waals surface area (Å²) in [6, 6.07) is 12.2. The lowest BCUT2D eigenvalue weighted by Crippen LogP contribution is -2.55. The Hall–Kier alpha value is -4.26. The van der Waals surface area contributed by atoms with Gasteiger partial charge in [0.05, 0.1) is 18.0 Å². The maximum absolute atomic E-state index is 13.3. The van der Waals surface area contributed by atoms with Crippen LogP contribution in [-0.4, -0.2) is 60.6 Å². The second-order valence-corrected chi connectivity index (χ2v) is 10.9. The normalized spacial score (nSPS) is 21.1. The number of rotatable bonds is 6. The Labute approximate surface area is 221 Å². The number of piperidine rings is 1. The van der Waals surface area contributed by atoms with Crippen LogP contribution in [0.25, 0.3) is 16.9 Å². The van der Waals surface area contributed by atoms with E-state index in [1.807, 2.05) is 63.4 Å². The van der Waals surface area contributed by atoms with Crippen molar-refractivity contribution in [3.8, 4) is 23.0 Å². The molecule has 1 N–H and O–H groups in total. The van der Waals surface area contributed by atoms with Gasteiger partial charge < -0.3 is 10.1 Å². The van der Waals surface area contributed by atoms with Gasteiger partial charge in [-0.1, -0.05) is 17.3 Å². The number of pyridine rings is 1. The number of nitriles is 1. The van der Waals surface area contributed by atoms with Crippen molar-refractivity contribution >= 4 is 12.0 Å². The third-order valence-corrected chi connectivity index (χ3v) is 7.02. The van der Waals surface area contributed by atoms with Gasteiger partial charge in [0, 0.05) is 30.4 Å². The minimum atomic E-state index is -0.725. The van der Waals surface area contributed by atoms with Crippen molar-refractivity contribution in [2.24, 2.45) is 5.92 Å². The number of benzene rings is 1. The molecule has 2 aliphatic rings. The number of nitrogens with zero attached hydrogens (tertiary/aromatic N) is 6. The summed E-state index contributed by atoms with van der Waals surface area (Å²) >= 11 is 0. The molecule has 3 aromatic rings. The molecule has 0 radical (unpaired) electrons. The van der Waals surface area contributed by atoms with Gasteiger partial charge in [-0.3, -0.25) is 14.7 Å². The van der Waals surface area contributed by atoms with E-state index in [0.717, 1.165) is 41.8 Å². The number of aromatic nitrogens is 4. The summed E-state index contributed by atoms with van der Waals surface area (Å²) in [4.78, 5) is 31.9. The number of nitrogens with one attached hydrogen (secondary N) is 1. The van der Waals surface area contributed by atoms with Crippen LogP contribution in [0.1, 0.15) is 45.6 Å². The summed E-state index contributed by atoms with van der Waals surface area (Å²) in [7, 11) is 0. The van der Waals surface area contributed by atoms with Crippen molar-refractivity contribution in [1.82, 2.24) is 30.2 Å². The Bertz CT molecular complexity index is 1340. The number of hydrogen-bond donors (Lipinski definition) is 1. The molecule has 5 rings (SSSR count). The predicted octanol–water partition coefficient (Wildman–Crippen LogP) is 3.67. The second kappa shape index (κ2) is 10.2. The van der Waals surface area contributed by atoms with E-state index in [0.29, 0.717) is 6.42 Å². The number of carbonyl (C=O) groups excluding carboxylic acids is 2. The Kier molecular flexibility index (Phi) is 6.85. The van der Waals surface area contributed by atoms with Crippen LogP contribution in [0.2, 0.25) is 0 Å². The maximum Gasteiger partial charge on any atom is 0.411 e. The summed E-state index contributed by atoms with van der Waals surface area (Å²) in [6.07, 6.45) is 7.71. The summed E-state index contributed by atoms with van der Waals surface area (Å²) in [5, 5.41) is 21.1. The third-order valence-electron chi connectivity index (χ3n) is 7.02. The lowest BCUT2D eigenvalue weighted by Gasteiger charge is -2.35. The first-order valence-corrected chi connectivity index (χ1v) is 12.9. The van der Waals surface area contributed by atoms with Gasteiger partial charge in [-0.25, -0.2) is 9.48 Å². The number of likely N-dealkylation sites (tertiary alicyclic amines) is 1. The molecular weight excluding hydrogens is 482 g/mol. The molecule has 2 aromatic heterocycles. The minimum Gasteiger partial charge on any atom is -0.444 e. The summed E-state index contributed by atoms with van der Waals surface area (Å²) < 4.78 is 7.26. The maximum atomic E-state index is 13.3. The highest BCUT2D eigenvalue weighted by atomic mass is 16.6. The lowest BCUT2D eigenvalue weighted by atomic mass is 9.97. The SMILES string of the molecule is CC(C)(C)OC(=O)N1[C@@H]2CC[C@@H](C2)[C@H]1C(=O)N[C@H](C#N)Cc1ccc(-n2cc(-c3cccnc3)nn2)cc1. The molecule has 1 aromatic carbocycles. The van der Waals surface area contributed by atoms with Gasteiger partial charge in [-0.05, 0) is 75.8 Å². The van der Waals surface area contributed by atoms with E-state index in [1.54, 1.807) is 22.0 Å². The average molecular weight is 514 g/mol. The third kappa shape index (κ3) is 5.37. The first-order chi connectivity index (χ1) is 18.2. The van der Waals surface area contributed by atoms with E-state index in [-0.39, 0.29) is 17.9 Å². The van der Waals surface area contributed by atoms with Gasteiger partial charge in [0.15, 0.2) is 0 Å². The fourth-order valence-electron chi connectivity index (χ4n) is 5.35. The molecule has 2 bridgehead atoms. The van der Waals surface area contributed by atoms with Crippen LogP contribution in [0.4, 0.5) is 4.79 Å². The molecule has 1 saturated carbocycles. The first-order valence-electron chi connectivity index (χ1n) is 12.9. The van der Waals surface area contributed by atoms with Crippen LogP contribution in [-0.2, 0) is 16.0 Å². The van der Waals surface area contributed by atoms with Crippen LogP contribution >= 0.6 is 0 Å². The summed E-state index contributed by atoms with van der Waals surface area (Å²) in [5.41, 5.74) is 2.67. The van der Waals surface area contributed by atoms with E-state index in [1.165, 1.54) is 0 Å². The fourth-order valence-corrected chi connectivity index (χ4v) is 5.35. The van der Waals surface area contributed by atoms with Gasteiger partial charge in [-0.2, -0.15) is 5.26 Å². The Morgan fingerprint density at radius 3 is 2.68 bits per heavy atom. The Morgan fingerprint density at radius 2 is 2.00 bits per heavy atom. The summed E-state index contributed by atoms with van der Waals surface area (Å²) in [5.74, 6) is -0.206. The molecule has 10 heteroatoms. The number of ether oxygens (including phenoxy) is 1. The van der Waals surface area contributed by atoms with Gasteiger partial charge in [0.25, 0.3) is 0 Å². The van der Waals surface area contributed by atoms with Gasteiger partial charge in [0.1, 0.15) is 23.4 Å².